The summed E-state index contributed by atoms with van der Waals surface area (Å²) >= 11 is 0. The molecule has 0 saturated carbocycles. The molecule has 0 radical (unpaired) electrons. The average Bonchev–Trinajstić information content (AvgIpc) is 2.61. The summed E-state index contributed by atoms with van der Waals surface area (Å²) in [6.07, 6.45) is 1.73. The van der Waals surface area contributed by atoms with Crippen molar-refractivity contribution in [3.63, 3.8) is 0 Å². The lowest BCUT2D eigenvalue weighted by molar-refractivity contribution is -0.0916. The number of hydrogen-bond donors (Lipinski definition) is 1. The van der Waals surface area contributed by atoms with E-state index >= 15 is 0 Å². The molecule has 0 aromatic carbocycles. The monoisotopic (exact) mass is 197 g/mol. The van der Waals surface area contributed by atoms with E-state index in [0.717, 1.165) is 12.2 Å². The summed E-state index contributed by atoms with van der Waals surface area (Å²) in [7, 11) is 0. The topological polar surface area (TPSA) is 62.3 Å². The normalized spacial score (nSPS) is 22.5. The molecule has 5 heteroatoms. The van der Waals surface area contributed by atoms with E-state index in [1.807, 2.05) is 17.8 Å². The second kappa shape index (κ2) is 3.98. The first-order valence-electron chi connectivity index (χ1n) is 4.83. The van der Waals surface area contributed by atoms with Crippen LogP contribution in [0.5, 0.6) is 0 Å². The van der Waals surface area contributed by atoms with Gasteiger partial charge in [0.2, 0.25) is 0 Å². The Morgan fingerprint density at radius 1 is 1.64 bits per heavy atom. The standard InChI is InChI=1S/C9H15N3O2/c1-2-12-5-7(10)9(11-12)8-6-13-3-4-14-8/h5,8H,2-4,6,10H2,1H3. The Bertz CT molecular complexity index is 305. The molecule has 1 atom stereocenters. The number of ether oxygens (including phenoxy) is 2. The second-order valence-electron chi connectivity index (χ2n) is 3.26. The third kappa shape index (κ3) is 1.73. The Hall–Kier alpha value is -1.07. The number of nitrogens with two attached hydrogens (primary N) is 1. The molecule has 1 aromatic rings. The van der Waals surface area contributed by atoms with E-state index in [2.05, 4.69) is 5.10 Å². The van der Waals surface area contributed by atoms with Gasteiger partial charge in [0, 0.05) is 12.7 Å². The zero-order valence-electron chi connectivity index (χ0n) is 8.27. The first-order valence-corrected chi connectivity index (χ1v) is 4.83. The van der Waals surface area contributed by atoms with Crippen LogP contribution in [0.1, 0.15) is 18.7 Å². The zero-order chi connectivity index (χ0) is 9.97. The minimum absolute atomic E-state index is 0.100. The highest BCUT2D eigenvalue weighted by atomic mass is 16.6. The van der Waals surface area contributed by atoms with Gasteiger partial charge in [0.15, 0.2) is 0 Å². The highest BCUT2D eigenvalue weighted by Crippen LogP contribution is 2.24. The molecule has 14 heavy (non-hydrogen) atoms. The van der Waals surface area contributed by atoms with Gasteiger partial charge in [-0.15, -0.1) is 0 Å². The summed E-state index contributed by atoms with van der Waals surface area (Å²) < 4.78 is 12.6. The average molecular weight is 197 g/mol. The van der Waals surface area contributed by atoms with Gasteiger partial charge in [-0.2, -0.15) is 5.10 Å². The van der Waals surface area contributed by atoms with Gasteiger partial charge in [0.1, 0.15) is 11.8 Å². The smallest absolute Gasteiger partial charge is 0.127 e. The number of rotatable bonds is 2. The van der Waals surface area contributed by atoms with E-state index < -0.39 is 0 Å². The molecular formula is C9H15N3O2. The van der Waals surface area contributed by atoms with Crippen LogP contribution in [0.4, 0.5) is 5.69 Å². The Kier molecular flexibility index (Phi) is 2.69. The molecule has 0 amide bonds. The molecule has 2 N–H and O–H groups in total. The third-order valence-electron chi connectivity index (χ3n) is 2.26. The molecule has 1 unspecified atom stereocenters. The Morgan fingerprint density at radius 3 is 3.07 bits per heavy atom. The van der Waals surface area contributed by atoms with Crippen molar-refractivity contribution in [1.29, 1.82) is 0 Å². The lowest BCUT2D eigenvalue weighted by Crippen LogP contribution is -2.23. The highest BCUT2D eigenvalue weighted by Gasteiger charge is 2.21. The highest BCUT2D eigenvalue weighted by molar-refractivity contribution is 5.42. The van der Waals surface area contributed by atoms with E-state index in [9.17, 15) is 0 Å². The first kappa shape index (κ1) is 9.48. The largest absolute Gasteiger partial charge is 0.396 e. The van der Waals surface area contributed by atoms with Crippen LogP contribution >= 0.6 is 0 Å². The molecule has 2 heterocycles. The fraction of sp³-hybridized carbons (Fsp3) is 0.667. The Morgan fingerprint density at radius 2 is 2.50 bits per heavy atom. The summed E-state index contributed by atoms with van der Waals surface area (Å²) in [5, 5.41) is 4.34. The minimum atomic E-state index is -0.100. The number of aromatic nitrogens is 2. The molecule has 1 aromatic heterocycles. The van der Waals surface area contributed by atoms with Gasteiger partial charge in [-0.3, -0.25) is 4.68 Å². The van der Waals surface area contributed by atoms with Gasteiger partial charge in [0.25, 0.3) is 0 Å². The quantitative estimate of drug-likeness (QED) is 0.753. The van der Waals surface area contributed by atoms with Crippen molar-refractivity contribution in [2.45, 2.75) is 19.6 Å². The second-order valence-corrected chi connectivity index (χ2v) is 3.26. The molecular weight excluding hydrogens is 182 g/mol. The van der Waals surface area contributed by atoms with Crippen molar-refractivity contribution in [3.05, 3.63) is 11.9 Å². The van der Waals surface area contributed by atoms with Gasteiger partial charge in [-0.1, -0.05) is 0 Å². The maximum Gasteiger partial charge on any atom is 0.127 e. The van der Waals surface area contributed by atoms with Crippen LogP contribution in [0.2, 0.25) is 0 Å². The maximum atomic E-state index is 5.83. The third-order valence-corrected chi connectivity index (χ3v) is 2.26. The van der Waals surface area contributed by atoms with Crippen molar-refractivity contribution >= 4 is 5.69 Å². The molecule has 1 aliphatic heterocycles. The van der Waals surface area contributed by atoms with Crippen molar-refractivity contribution in [2.24, 2.45) is 0 Å². The molecule has 1 fully saturated rings. The molecule has 2 rings (SSSR count). The Balaban J connectivity index is 2.17. The van der Waals surface area contributed by atoms with Crippen molar-refractivity contribution in [1.82, 2.24) is 9.78 Å². The van der Waals surface area contributed by atoms with Crippen LogP contribution in [0, 0.1) is 0 Å². The fourth-order valence-corrected chi connectivity index (χ4v) is 1.51. The number of nitrogens with zero attached hydrogens (tertiary/aromatic N) is 2. The van der Waals surface area contributed by atoms with E-state index in [-0.39, 0.29) is 6.10 Å². The van der Waals surface area contributed by atoms with E-state index in [1.165, 1.54) is 0 Å². The van der Waals surface area contributed by atoms with Crippen LogP contribution in [0.15, 0.2) is 6.20 Å². The van der Waals surface area contributed by atoms with Gasteiger partial charge < -0.3 is 15.2 Å². The molecule has 78 valence electrons. The van der Waals surface area contributed by atoms with E-state index in [1.54, 1.807) is 0 Å². The summed E-state index contributed by atoms with van der Waals surface area (Å²) in [5.74, 6) is 0. The number of hydrogen-bond acceptors (Lipinski definition) is 4. The van der Waals surface area contributed by atoms with Gasteiger partial charge in [0.05, 0.1) is 25.5 Å². The predicted molar refractivity (Wildman–Crippen MR) is 51.8 cm³/mol. The van der Waals surface area contributed by atoms with E-state index in [4.69, 9.17) is 15.2 Å². The van der Waals surface area contributed by atoms with Crippen LogP contribution < -0.4 is 5.73 Å². The molecule has 1 saturated heterocycles. The van der Waals surface area contributed by atoms with Crippen LogP contribution in [0.3, 0.4) is 0 Å². The van der Waals surface area contributed by atoms with Gasteiger partial charge in [-0.25, -0.2) is 0 Å². The van der Waals surface area contributed by atoms with Crippen molar-refractivity contribution in [2.75, 3.05) is 25.6 Å². The van der Waals surface area contributed by atoms with Crippen molar-refractivity contribution < 1.29 is 9.47 Å². The molecule has 1 aliphatic rings. The summed E-state index contributed by atoms with van der Waals surface area (Å²) in [5.41, 5.74) is 7.31. The molecule has 0 bridgehead atoms. The predicted octanol–water partition coefficient (Wildman–Crippen LogP) is 0.573. The fourth-order valence-electron chi connectivity index (χ4n) is 1.51. The number of nitrogen functional groups attached to an aromatic ring is 1. The SMILES string of the molecule is CCn1cc(N)c(C2COCCO2)n1. The minimum Gasteiger partial charge on any atom is -0.396 e. The Labute approximate surface area is 82.8 Å². The maximum absolute atomic E-state index is 5.83. The van der Waals surface area contributed by atoms with Crippen molar-refractivity contribution in [3.8, 4) is 0 Å². The van der Waals surface area contributed by atoms with Gasteiger partial charge >= 0.3 is 0 Å². The zero-order valence-corrected chi connectivity index (χ0v) is 8.27. The van der Waals surface area contributed by atoms with Crippen LogP contribution in [-0.4, -0.2) is 29.6 Å². The lowest BCUT2D eigenvalue weighted by Gasteiger charge is -2.21. The van der Waals surface area contributed by atoms with Gasteiger partial charge in [-0.05, 0) is 6.92 Å². The van der Waals surface area contributed by atoms with Crippen LogP contribution in [0.25, 0.3) is 0 Å². The molecule has 5 nitrogen and oxygen atoms in total. The summed E-state index contributed by atoms with van der Waals surface area (Å²) in [4.78, 5) is 0. The van der Waals surface area contributed by atoms with Crippen LogP contribution in [-0.2, 0) is 16.0 Å². The lowest BCUT2D eigenvalue weighted by atomic mass is 10.2. The molecule has 0 spiro atoms. The first-order chi connectivity index (χ1) is 6.81. The number of anilines is 1. The summed E-state index contributed by atoms with van der Waals surface area (Å²) in [6, 6.07) is 0. The summed E-state index contributed by atoms with van der Waals surface area (Å²) in [6.45, 7) is 4.66. The number of aryl methyl sites for hydroxylation is 1. The molecule has 0 aliphatic carbocycles. The van der Waals surface area contributed by atoms with E-state index in [0.29, 0.717) is 25.5 Å².